The largest absolute Gasteiger partial charge is 0.314 e. The molecule has 3 nitrogen and oxygen atoms in total. The lowest BCUT2D eigenvalue weighted by Crippen LogP contribution is -2.33. The highest BCUT2D eigenvalue weighted by Crippen LogP contribution is 2.17. The van der Waals surface area contributed by atoms with Crippen molar-refractivity contribution < 1.29 is 0 Å². The maximum atomic E-state index is 12.4. The van der Waals surface area contributed by atoms with E-state index in [0.29, 0.717) is 6.04 Å². The topological polar surface area (TPSA) is 34.0 Å². The molecule has 3 heteroatoms. The van der Waals surface area contributed by atoms with Gasteiger partial charge >= 0.3 is 0 Å². The molecule has 1 aromatic heterocycles. The summed E-state index contributed by atoms with van der Waals surface area (Å²) in [5.74, 6) is 0. The van der Waals surface area contributed by atoms with Gasteiger partial charge in [-0.1, -0.05) is 43.9 Å². The van der Waals surface area contributed by atoms with Gasteiger partial charge in [0.1, 0.15) is 0 Å². The van der Waals surface area contributed by atoms with Crippen LogP contribution in [-0.2, 0) is 6.54 Å². The van der Waals surface area contributed by atoms with Crippen LogP contribution >= 0.6 is 0 Å². The zero-order valence-corrected chi connectivity index (χ0v) is 12.6. The number of aromatic nitrogens is 1. The Morgan fingerprint density at radius 2 is 1.81 bits per heavy atom. The predicted molar refractivity (Wildman–Crippen MR) is 87.7 cm³/mol. The first-order chi connectivity index (χ1) is 10.3. The van der Waals surface area contributed by atoms with Crippen LogP contribution < -0.4 is 10.9 Å². The second-order valence-corrected chi connectivity index (χ2v) is 6.04. The summed E-state index contributed by atoms with van der Waals surface area (Å²) >= 11 is 0. The van der Waals surface area contributed by atoms with Crippen LogP contribution in [0.1, 0.15) is 38.5 Å². The minimum absolute atomic E-state index is 0.121. The summed E-state index contributed by atoms with van der Waals surface area (Å²) in [6.07, 6.45) is 9.92. The molecule has 1 saturated carbocycles. The monoisotopic (exact) mass is 284 g/mol. The van der Waals surface area contributed by atoms with Crippen LogP contribution in [0.25, 0.3) is 10.8 Å². The van der Waals surface area contributed by atoms with Gasteiger partial charge in [0.25, 0.3) is 5.56 Å². The van der Waals surface area contributed by atoms with Crippen molar-refractivity contribution in [1.82, 2.24) is 9.88 Å². The number of hydrogen-bond acceptors (Lipinski definition) is 2. The van der Waals surface area contributed by atoms with Gasteiger partial charge < -0.3 is 9.88 Å². The van der Waals surface area contributed by atoms with E-state index in [0.717, 1.165) is 23.9 Å². The zero-order valence-electron chi connectivity index (χ0n) is 12.6. The summed E-state index contributed by atoms with van der Waals surface area (Å²) < 4.78 is 1.83. The molecule has 3 rings (SSSR count). The normalized spacial score (nSPS) is 17.0. The van der Waals surface area contributed by atoms with Crippen molar-refractivity contribution in [2.75, 3.05) is 6.54 Å². The summed E-state index contributed by atoms with van der Waals surface area (Å²) in [4.78, 5) is 12.4. The lowest BCUT2D eigenvalue weighted by molar-refractivity contribution is 0.443. The molecule has 1 aliphatic rings. The second kappa shape index (κ2) is 6.90. The van der Waals surface area contributed by atoms with Crippen molar-refractivity contribution in [3.05, 3.63) is 46.9 Å². The van der Waals surface area contributed by atoms with Crippen LogP contribution in [0.2, 0.25) is 0 Å². The van der Waals surface area contributed by atoms with E-state index in [1.165, 1.54) is 38.5 Å². The first-order valence-electron chi connectivity index (χ1n) is 8.16. The molecule has 1 aliphatic carbocycles. The Kier molecular flexibility index (Phi) is 4.71. The first kappa shape index (κ1) is 14.3. The maximum absolute atomic E-state index is 12.4. The smallest absolute Gasteiger partial charge is 0.258 e. The second-order valence-electron chi connectivity index (χ2n) is 6.04. The first-order valence-corrected chi connectivity index (χ1v) is 8.16. The van der Waals surface area contributed by atoms with Crippen molar-refractivity contribution >= 4 is 10.8 Å². The fraction of sp³-hybridized carbons (Fsp3) is 0.500. The average molecular weight is 284 g/mol. The zero-order chi connectivity index (χ0) is 14.5. The summed E-state index contributed by atoms with van der Waals surface area (Å²) in [6, 6.07) is 10.5. The predicted octanol–water partition coefficient (Wildman–Crippen LogP) is 3.31. The van der Waals surface area contributed by atoms with E-state index >= 15 is 0 Å². The Hall–Kier alpha value is -1.61. The number of benzene rings is 1. The molecule has 0 saturated heterocycles. The molecular formula is C18H24N2O. The SMILES string of the molecule is O=c1c2ccccc2ccn1CCNC1CCCCCC1. The molecule has 0 bridgehead atoms. The third-order valence-electron chi connectivity index (χ3n) is 4.53. The van der Waals surface area contributed by atoms with E-state index in [1.54, 1.807) is 0 Å². The maximum Gasteiger partial charge on any atom is 0.258 e. The lowest BCUT2D eigenvalue weighted by Gasteiger charge is -2.16. The molecular weight excluding hydrogens is 260 g/mol. The Labute approximate surface area is 126 Å². The summed E-state index contributed by atoms with van der Waals surface area (Å²) in [6.45, 7) is 1.63. The summed E-state index contributed by atoms with van der Waals surface area (Å²) in [7, 11) is 0. The molecule has 112 valence electrons. The number of hydrogen-bond donors (Lipinski definition) is 1. The number of fused-ring (bicyclic) bond motifs is 1. The van der Waals surface area contributed by atoms with Crippen LogP contribution in [0.15, 0.2) is 41.3 Å². The third-order valence-corrected chi connectivity index (χ3v) is 4.53. The number of nitrogens with zero attached hydrogens (tertiary/aromatic N) is 1. The van der Waals surface area contributed by atoms with Crippen molar-refractivity contribution in [2.24, 2.45) is 0 Å². The van der Waals surface area contributed by atoms with Gasteiger partial charge in [0.05, 0.1) is 0 Å². The van der Waals surface area contributed by atoms with Gasteiger partial charge in [-0.3, -0.25) is 4.79 Å². The molecule has 1 N–H and O–H groups in total. The molecule has 0 aliphatic heterocycles. The molecule has 2 aromatic rings. The van der Waals surface area contributed by atoms with E-state index < -0.39 is 0 Å². The Balaban J connectivity index is 1.62. The van der Waals surface area contributed by atoms with Crippen molar-refractivity contribution in [3.63, 3.8) is 0 Å². The van der Waals surface area contributed by atoms with Crippen LogP contribution in [-0.4, -0.2) is 17.2 Å². The molecule has 0 spiro atoms. The Morgan fingerprint density at radius 3 is 2.62 bits per heavy atom. The fourth-order valence-corrected chi connectivity index (χ4v) is 3.28. The third kappa shape index (κ3) is 3.53. The van der Waals surface area contributed by atoms with E-state index in [1.807, 2.05) is 41.1 Å². The van der Waals surface area contributed by atoms with Crippen LogP contribution in [0, 0.1) is 0 Å². The highest BCUT2D eigenvalue weighted by Gasteiger charge is 2.11. The minimum atomic E-state index is 0.121. The standard InChI is InChI=1S/C18H24N2O/c21-18-17-10-6-5-7-15(17)11-13-20(18)14-12-19-16-8-3-1-2-4-9-16/h5-7,10-11,13,16,19H,1-4,8-9,12,14H2. The summed E-state index contributed by atoms with van der Waals surface area (Å²) in [5.41, 5.74) is 0.121. The van der Waals surface area contributed by atoms with Crippen molar-refractivity contribution in [2.45, 2.75) is 51.1 Å². The molecule has 1 fully saturated rings. The molecule has 1 aromatic carbocycles. The van der Waals surface area contributed by atoms with E-state index in [9.17, 15) is 4.79 Å². The highest BCUT2D eigenvalue weighted by atomic mass is 16.1. The number of rotatable bonds is 4. The van der Waals surface area contributed by atoms with Gasteiger partial charge in [0.15, 0.2) is 0 Å². The minimum Gasteiger partial charge on any atom is -0.314 e. The number of pyridine rings is 1. The van der Waals surface area contributed by atoms with Crippen molar-refractivity contribution in [1.29, 1.82) is 0 Å². The van der Waals surface area contributed by atoms with E-state index in [-0.39, 0.29) is 5.56 Å². The van der Waals surface area contributed by atoms with Gasteiger partial charge in [-0.2, -0.15) is 0 Å². The van der Waals surface area contributed by atoms with Gasteiger partial charge in [-0.05, 0) is 30.4 Å². The Bertz CT molecular complexity index is 639. The number of nitrogens with one attached hydrogen (secondary N) is 1. The molecule has 0 radical (unpaired) electrons. The van der Waals surface area contributed by atoms with Crippen LogP contribution in [0.3, 0.4) is 0 Å². The van der Waals surface area contributed by atoms with Crippen LogP contribution in [0.4, 0.5) is 0 Å². The van der Waals surface area contributed by atoms with Gasteiger partial charge in [0.2, 0.25) is 0 Å². The highest BCUT2D eigenvalue weighted by molar-refractivity contribution is 5.81. The van der Waals surface area contributed by atoms with Crippen LogP contribution in [0.5, 0.6) is 0 Å². The molecule has 1 heterocycles. The Morgan fingerprint density at radius 1 is 1.05 bits per heavy atom. The van der Waals surface area contributed by atoms with Crippen molar-refractivity contribution in [3.8, 4) is 0 Å². The van der Waals surface area contributed by atoms with Gasteiger partial charge in [-0.25, -0.2) is 0 Å². The lowest BCUT2D eigenvalue weighted by atomic mass is 10.1. The molecule has 0 atom stereocenters. The van der Waals surface area contributed by atoms with Gasteiger partial charge in [0, 0.05) is 30.7 Å². The molecule has 0 unspecified atom stereocenters. The fourth-order valence-electron chi connectivity index (χ4n) is 3.28. The summed E-state index contributed by atoms with van der Waals surface area (Å²) in [5, 5.41) is 5.46. The molecule has 0 amide bonds. The van der Waals surface area contributed by atoms with Gasteiger partial charge in [-0.15, -0.1) is 0 Å². The average Bonchev–Trinajstić information content (AvgIpc) is 2.79. The molecule has 21 heavy (non-hydrogen) atoms. The van der Waals surface area contributed by atoms with E-state index in [4.69, 9.17) is 0 Å². The quantitative estimate of drug-likeness (QED) is 0.874. The van der Waals surface area contributed by atoms with E-state index in [2.05, 4.69) is 5.32 Å².